The molecule has 0 aliphatic carbocycles. The Labute approximate surface area is 154 Å². The highest BCUT2D eigenvalue weighted by Crippen LogP contribution is 2.28. The zero-order chi connectivity index (χ0) is 17.7. The molecule has 2 aromatic rings. The van der Waals surface area contributed by atoms with Crippen LogP contribution in [0, 0.1) is 0 Å². The maximum Gasteiger partial charge on any atom is 0.124 e. The molecule has 2 heteroatoms. The second-order valence-corrected chi connectivity index (χ2v) is 6.91. The van der Waals surface area contributed by atoms with E-state index in [-0.39, 0.29) is 0 Å². The second-order valence-electron chi connectivity index (χ2n) is 6.91. The van der Waals surface area contributed by atoms with E-state index in [0.29, 0.717) is 0 Å². The summed E-state index contributed by atoms with van der Waals surface area (Å²) in [6.45, 7) is 7.28. The van der Waals surface area contributed by atoms with Crippen LogP contribution in [-0.2, 0) is 6.54 Å². The molecule has 2 rings (SSSR count). The van der Waals surface area contributed by atoms with Crippen LogP contribution in [0.1, 0.15) is 70.8 Å². The summed E-state index contributed by atoms with van der Waals surface area (Å²) in [5.74, 6) is 1.05. The molecule has 0 fully saturated rings. The van der Waals surface area contributed by atoms with E-state index in [1.165, 1.54) is 61.3 Å². The third kappa shape index (κ3) is 6.70. The fraction of sp³-hybridized carbons (Fsp3) is 0.565. The second kappa shape index (κ2) is 11.9. The van der Waals surface area contributed by atoms with Crippen molar-refractivity contribution in [3.05, 3.63) is 42.0 Å². The van der Waals surface area contributed by atoms with Gasteiger partial charge in [-0.25, -0.2) is 0 Å². The van der Waals surface area contributed by atoms with Gasteiger partial charge < -0.3 is 10.1 Å². The first-order valence-electron chi connectivity index (χ1n) is 10.2. The van der Waals surface area contributed by atoms with Crippen molar-refractivity contribution in [3.8, 4) is 5.75 Å². The Kier molecular flexibility index (Phi) is 9.43. The van der Waals surface area contributed by atoms with E-state index in [0.717, 1.165) is 31.9 Å². The average Bonchev–Trinajstić information content (AvgIpc) is 2.65. The van der Waals surface area contributed by atoms with Gasteiger partial charge in [0.05, 0.1) is 6.61 Å². The largest absolute Gasteiger partial charge is 0.493 e. The van der Waals surface area contributed by atoms with E-state index in [9.17, 15) is 0 Å². The smallest absolute Gasteiger partial charge is 0.124 e. The van der Waals surface area contributed by atoms with E-state index in [1.807, 2.05) is 0 Å². The van der Waals surface area contributed by atoms with E-state index >= 15 is 0 Å². The summed E-state index contributed by atoms with van der Waals surface area (Å²) < 4.78 is 6.12. The predicted octanol–water partition coefficient (Wildman–Crippen LogP) is 6.47. The average molecular weight is 342 g/mol. The Balaban J connectivity index is 1.96. The molecule has 0 aliphatic heterocycles. The molecule has 25 heavy (non-hydrogen) atoms. The molecule has 2 nitrogen and oxygen atoms in total. The fourth-order valence-electron chi connectivity index (χ4n) is 3.23. The quantitative estimate of drug-likeness (QED) is 0.422. The van der Waals surface area contributed by atoms with E-state index in [2.05, 4.69) is 55.6 Å². The van der Waals surface area contributed by atoms with Gasteiger partial charge in [-0.05, 0) is 36.2 Å². The lowest BCUT2D eigenvalue weighted by molar-refractivity contribution is 0.303. The number of rotatable bonds is 13. The van der Waals surface area contributed by atoms with Crippen molar-refractivity contribution in [2.75, 3.05) is 13.2 Å². The van der Waals surface area contributed by atoms with Gasteiger partial charge in [0.2, 0.25) is 0 Å². The minimum absolute atomic E-state index is 0.816. The van der Waals surface area contributed by atoms with Crippen LogP contribution in [0.4, 0.5) is 0 Å². The van der Waals surface area contributed by atoms with Crippen molar-refractivity contribution >= 4 is 10.8 Å². The van der Waals surface area contributed by atoms with Crippen LogP contribution in [0.15, 0.2) is 36.4 Å². The van der Waals surface area contributed by atoms with Crippen molar-refractivity contribution < 1.29 is 4.74 Å². The summed E-state index contributed by atoms with van der Waals surface area (Å²) in [4.78, 5) is 0. The van der Waals surface area contributed by atoms with Gasteiger partial charge in [-0.15, -0.1) is 0 Å². The van der Waals surface area contributed by atoms with Crippen LogP contribution in [0.5, 0.6) is 5.75 Å². The maximum absolute atomic E-state index is 6.12. The number of ether oxygens (including phenoxy) is 1. The molecule has 0 spiro atoms. The molecular weight excluding hydrogens is 306 g/mol. The molecule has 138 valence electrons. The van der Waals surface area contributed by atoms with Crippen LogP contribution < -0.4 is 10.1 Å². The lowest BCUT2D eigenvalue weighted by atomic mass is 10.0. The first-order chi connectivity index (χ1) is 12.4. The van der Waals surface area contributed by atoms with Gasteiger partial charge in [-0.1, -0.05) is 82.7 Å². The van der Waals surface area contributed by atoms with Crippen LogP contribution in [0.3, 0.4) is 0 Å². The predicted molar refractivity (Wildman–Crippen MR) is 109 cm³/mol. The van der Waals surface area contributed by atoms with Crippen LogP contribution in [0.25, 0.3) is 10.8 Å². The highest BCUT2D eigenvalue weighted by Gasteiger charge is 2.08. The normalized spacial score (nSPS) is 11.1. The molecule has 0 heterocycles. The van der Waals surface area contributed by atoms with Crippen molar-refractivity contribution in [3.63, 3.8) is 0 Å². The van der Waals surface area contributed by atoms with Crippen LogP contribution in [-0.4, -0.2) is 13.2 Å². The number of nitrogens with one attached hydrogen (secondary N) is 1. The zero-order valence-electron chi connectivity index (χ0n) is 16.2. The molecule has 0 amide bonds. The summed E-state index contributed by atoms with van der Waals surface area (Å²) in [6, 6.07) is 13.0. The lowest BCUT2D eigenvalue weighted by Crippen LogP contribution is -2.16. The molecule has 0 radical (unpaired) electrons. The molecular formula is C23H35NO. The van der Waals surface area contributed by atoms with Crippen LogP contribution in [0.2, 0.25) is 0 Å². The minimum atomic E-state index is 0.816. The summed E-state index contributed by atoms with van der Waals surface area (Å²) in [5, 5.41) is 6.24. The van der Waals surface area contributed by atoms with Gasteiger partial charge in [0.1, 0.15) is 5.75 Å². The third-order valence-corrected chi connectivity index (χ3v) is 4.76. The molecule has 0 saturated heterocycles. The highest BCUT2D eigenvalue weighted by molar-refractivity contribution is 5.87. The molecule has 0 unspecified atom stereocenters. The standard InChI is InChI=1S/C23H35NO/c1-3-5-7-8-11-17-24-19-22-21-14-10-9-13-20(21)15-16-23(22)25-18-12-6-4-2/h9-10,13-16,24H,3-8,11-12,17-19H2,1-2H3. The number of hydrogen-bond acceptors (Lipinski definition) is 2. The van der Waals surface area contributed by atoms with E-state index in [4.69, 9.17) is 4.74 Å². The number of benzene rings is 2. The molecule has 2 aromatic carbocycles. The van der Waals surface area contributed by atoms with Gasteiger partial charge in [0, 0.05) is 12.1 Å². The van der Waals surface area contributed by atoms with Gasteiger partial charge >= 0.3 is 0 Å². The maximum atomic E-state index is 6.12. The highest BCUT2D eigenvalue weighted by atomic mass is 16.5. The molecule has 0 aliphatic rings. The van der Waals surface area contributed by atoms with Crippen molar-refractivity contribution in [2.24, 2.45) is 0 Å². The summed E-state index contributed by atoms with van der Waals surface area (Å²) in [6.07, 6.45) is 10.2. The zero-order valence-corrected chi connectivity index (χ0v) is 16.2. The van der Waals surface area contributed by atoms with Crippen molar-refractivity contribution in [2.45, 2.75) is 71.8 Å². The number of hydrogen-bond donors (Lipinski definition) is 1. The first kappa shape index (κ1) is 19.8. The van der Waals surface area contributed by atoms with Crippen LogP contribution >= 0.6 is 0 Å². The SMILES string of the molecule is CCCCCCCNCc1c(OCCCCC)ccc2ccccc12. The van der Waals surface area contributed by atoms with Gasteiger partial charge in [0.25, 0.3) is 0 Å². The Bertz CT molecular complexity index is 608. The van der Waals surface area contributed by atoms with Gasteiger partial charge in [-0.3, -0.25) is 0 Å². The Morgan fingerprint density at radius 1 is 0.800 bits per heavy atom. The number of unbranched alkanes of at least 4 members (excludes halogenated alkanes) is 6. The molecule has 0 atom stereocenters. The Hall–Kier alpha value is -1.54. The summed E-state index contributed by atoms with van der Waals surface area (Å²) >= 11 is 0. The summed E-state index contributed by atoms with van der Waals surface area (Å²) in [7, 11) is 0. The Morgan fingerprint density at radius 2 is 1.56 bits per heavy atom. The lowest BCUT2D eigenvalue weighted by Gasteiger charge is -2.15. The minimum Gasteiger partial charge on any atom is -0.493 e. The molecule has 0 saturated carbocycles. The monoisotopic (exact) mass is 341 g/mol. The van der Waals surface area contributed by atoms with Gasteiger partial charge in [0.15, 0.2) is 0 Å². The third-order valence-electron chi connectivity index (χ3n) is 4.76. The molecule has 0 bridgehead atoms. The van der Waals surface area contributed by atoms with Crippen molar-refractivity contribution in [1.29, 1.82) is 0 Å². The van der Waals surface area contributed by atoms with Crippen molar-refractivity contribution in [1.82, 2.24) is 5.32 Å². The van der Waals surface area contributed by atoms with Gasteiger partial charge in [-0.2, -0.15) is 0 Å². The summed E-state index contributed by atoms with van der Waals surface area (Å²) in [5.41, 5.74) is 1.31. The fourth-order valence-corrected chi connectivity index (χ4v) is 3.23. The molecule has 1 N–H and O–H groups in total. The topological polar surface area (TPSA) is 21.3 Å². The Morgan fingerprint density at radius 3 is 2.40 bits per heavy atom. The molecule has 0 aromatic heterocycles. The van der Waals surface area contributed by atoms with E-state index in [1.54, 1.807) is 0 Å². The number of fused-ring (bicyclic) bond motifs is 1. The first-order valence-corrected chi connectivity index (χ1v) is 10.2. The van der Waals surface area contributed by atoms with E-state index < -0.39 is 0 Å².